The first-order chi connectivity index (χ1) is 30.6. The SMILES string of the molecule is CCCCCCCCCCCCCCCC(=O)SCCC[SiH](OCCCCCCCCCC)OCC(CCCCCCCCCCCC)(CCCCCCCCCCCC)NC. The van der Waals surface area contributed by atoms with E-state index in [-0.39, 0.29) is 5.54 Å². The summed E-state index contributed by atoms with van der Waals surface area (Å²) >= 11 is 1.58. The smallest absolute Gasteiger partial charge is 0.321 e. The van der Waals surface area contributed by atoms with Crippen LogP contribution in [-0.2, 0) is 13.6 Å². The summed E-state index contributed by atoms with van der Waals surface area (Å²) in [6, 6.07) is 1.02. The molecule has 0 aromatic rings. The highest BCUT2D eigenvalue weighted by molar-refractivity contribution is 8.13. The first-order valence-electron chi connectivity index (χ1n) is 28.6. The van der Waals surface area contributed by atoms with E-state index >= 15 is 0 Å². The van der Waals surface area contributed by atoms with Gasteiger partial charge < -0.3 is 14.2 Å². The molecule has 0 heterocycles. The predicted molar refractivity (Wildman–Crippen MR) is 284 cm³/mol. The summed E-state index contributed by atoms with van der Waals surface area (Å²) in [4.78, 5) is 12.8. The average molecular weight is 911 g/mol. The highest BCUT2D eigenvalue weighted by atomic mass is 32.2. The molecule has 0 radical (unpaired) electrons. The zero-order chi connectivity index (χ0) is 45.1. The Morgan fingerprint density at radius 1 is 0.419 bits per heavy atom. The van der Waals surface area contributed by atoms with E-state index in [0.29, 0.717) is 5.12 Å². The molecule has 6 heteroatoms. The van der Waals surface area contributed by atoms with Crippen LogP contribution < -0.4 is 5.32 Å². The molecule has 1 atom stereocenters. The number of thioether (sulfide) groups is 1. The highest BCUT2D eigenvalue weighted by Gasteiger charge is 2.29. The summed E-state index contributed by atoms with van der Waals surface area (Å²) in [5.74, 6) is 0.916. The van der Waals surface area contributed by atoms with Crippen molar-refractivity contribution in [1.82, 2.24) is 5.32 Å². The molecule has 372 valence electrons. The number of rotatable bonds is 54. The van der Waals surface area contributed by atoms with Crippen molar-refractivity contribution < 1.29 is 13.6 Å². The van der Waals surface area contributed by atoms with Crippen LogP contribution in [0.2, 0.25) is 6.04 Å². The quantitative estimate of drug-likeness (QED) is 0.0487. The Morgan fingerprint density at radius 3 is 1.10 bits per heavy atom. The molecule has 62 heavy (non-hydrogen) atoms. The number of nitrogens with one attached hydrogen (secondary N) is 1. The lowest BCUT2D eigenvalue weighted by atomic mass is 9.87. The minimum atomic E-state index is -1.84. The van der Waals surface area contributed by atoms with Crippen LogP contribution in [0, 0.1) is 0 Å². The van der Waals surface area contributed by atoms with E-state index in [4.69, 9.17) is 8.85 Å². The van der Waals surface area contributed by atoms with Gasteiger partial charge in [0.25, 0.3) is 0 Å². The van der Waals surface area contributed by atoms with E-state index in [2.05, 4.69) is 40.1 Å². The van der Waals surface area contributed by atoms with Gasteiger partial charge >= 0.3 is 9.28 Å². The zero-order valence-electron chi connectivity index (χ0n) is 43.4. The van der Waals surface area contributed by atoms with Gasteiger partial charge in [-0.15, -0.1) is 0 Å². The Balaban J connectivity index is 4.95. The van der Waals surface area contributed by atoms with Gasteiger partial charge in [-0.1, -0.05) is 290 Å². The molecule has 0 aromatic carbocycles. The lowest BCUT2D eigenvalue weighted by Gasteiger charge is -2.35. The van der Waals surface area contributed by atoms with Gasteiger partial charge in [-0.05, 0) is 45.2 Å². The Morgan fingerprint density at radius 2 is 0.742 bits per heavy atom. The molecule has 4 nitrogen and oxygen atoms in total. The van der Waals surface area contributed by atoms with Gasteiger partial charge in [0.05, 0.1) is 6.61 Å². The van der Waals surface area contributed by atoms with Gasteiger partial charge in [0.15, 0.2) is 5.12 Å². The molecule has 1 N–H and O–H groups in total. The van der Waals surface area contributed by atoms with Gasteiger partial charge in [-0.2, -0.15) is 0 Å². The minimum absolute atomic E-state index is 0.0476. The van der Waals surface area contributed by atoms with Gasteiger partial charge in [0, 0.05) is 24.3 Å². The standard InChI is InChI=1S/C56H115NO3SSi/c1-6-10-14-18-22-26-29-30-31-32-35-39-43-48-55(58)61-52-47-53-62(59-51-46-42-38-25-21-17-13-9-4)60-54-56(57-5,49-44-40-36-33-27-23-19-15-11-7-2)50-45-41-37-34-28-24-20-16-12-8-3/h57,62H,6-54H2,1-5H3. The second-order valence-electron chi connectivity index (χ2n) is 19.8. The van der Waals surface area contributed by atoms with Crippen molar-refractivity contribution in [3.8, 4) is 0 Å². The maximum Gasteiger partial charge on any atom is 0.321 e. The van der Waals surface area contributed by atoms with Crippen molar-refractivity contribution >= 4 is 26.2 Å². The summed E-state index contributed by atoms with van der Waals surface area (Å²) < 4.78 is 13.7. The van der Waals surface area contributed by atoms with Gasteiger partial charge in [0.2, 0.25) is 0 Å². The molecule has 1 unspecified atom stereocenters. The zero-order valence-corrected chi connectivity index (χ0v) is 45.3. The number of unbranched alkanes of at least 4 members (excludes halogenated alkanes) is 37. The molecule has 0 saturated carbocycles. The molecule has 0 rings (SSSR count). The first kappa shape index (κ1) is 62.1. The van der Waals surface area contributed by atoms with Crippen LogP contribution in [-0.4, -0.2) is 46.0 Å². The van der Waals surface area contributed by atoms with Crippen molar-refractivity contribution in [2.24, 2.45) is 0 Å². The fourth-order valence-corrected chi connectivity index (χ4v) is 12.2. The molecule has 0 aliphatic heterocycles. The molecule has 0 aromatic heterocycles. The Bertz CT molecular complexity index is 837. The number of carbonyl (C=O) groups excluding carboxylic acids is 1. The average Bonchev–Trinajstić information content (AvgIpc) is 3.28. The molecular formula is C56H115NO3SSi. The van der Waals surface area contributed by atoms with E-state index in [9.17, 15) is 4.79 Å². The van der Waals surface area contributed by atoms with E-state index in [1.165, 1.54) is 263 Å². The van der Waals surface area contributed by atoms with Crippen LogP contribution in [0.5, 0.6) is 0 Å². The van der Waals surface area contributed by atoms with E-state index in [0.717, 1.165) is 50.7 Å². The van der Waals surface area contributed by atoms with Crippen LogP contribution in [0.4, 0.5) is 0 Å². The summed E-state index contributed by atoms with van der Waals surface area (Å²) in [5, 5.41) is 4.26. The Labute approximate surface area is 397 Å². The van der Waals surface area contributed by atoms with E-state index < -0.39 is 9.28 Å². The molecule has 0 saturated heterocycles. The summed E-state index contributed by atoms with van der Waals surface area (Å²) in [6.07, 6.45) is 60.0. The van der Waals surface area contributed by atoms with E-state index in [1.807, 2.05) is 0 Å². The fourth-order valence-electron chi connectivity index (χ4n) is 9.21. The van der Waals surface area contributed by atoms with Crippen molar-refractivity contribution in [3.63, 3.8) is 0 Å². The third-order valence-electron chi connectivity index (χ3n) is 13.7. The molecule has 0 bridgehead atoms. The van der Waals surface area contributed by atoms with E-state index in [1.54, 1.807) is 11.8 Å². The van der Waals surface area contributed by atoms with Crippen LogP contribution >= 0.6 is 11.8 Å². The lowest BCUT2D eigenvalue weighted by Crippen LogP contribution is -2.49. The highest BCUT2D eigenvalue weighted by Crippen LogP contribution is 2.26. The van der Waals surface area contributed by atoms with Gasteiger partial charge in [-0.3, -0.25) is 4.79 Å². The van der Waals surface area contributed by atoms with Crippen LogP contribution in [0.25, 0.3) is 0 Å². The molecule has 0 fully saturated rings. The van der Waals surface area contributed by atoms with Crippen molar-refractivity contribution in [2.75, 3.05) is 26.0 Å². The fraction of sp³-hybridized carbons (Fsp3) is 0.982. The normalized spacial score (nSPS) is 12.5. The minimum Gasteiger partial charge on any atom is -0.397 e. The van der Waals surface area contributed by atoms with Crippen LogP contribution in [0.15, 0.2) is 0 Å². The Kier molecular flexibility index (Phi) is 52.2. The van der Waals surface area contributed by atoms with Gasteiger partial charge in [-0.25, -0.2) is 0 Å². The number of carbonyl (C=O) groups is 1. The number of likely N-dealkylation sites (N-methyl/N-ethyl adjacent to an activating group) is 1. The number of hydrogen-bond donors (Lipinski definition) is 1. The monoisotopic (exact) mass is 910 g/mol. The topological polar surface area (TPSA) is 47.6 Å². The lowest BCUT2D eigenvalue weighted by molar-refractivity contribution is -0.111. The first-order valence-corrected chi connectivity index (χ1v) is 31.4. The Hall–Kier alpha value is 0.117. The second-order valence-corrected chi connectivity index (χ2v) is 23.1. The molecular weight excluding hydrogens is 795 g/mol. The maximum atomic E-state index is 12.8. The van der Waals surface area contributed by atoms with Crippen LogP contribution in [0.1, 0.15) is 317 Å². The van der Waals surface area contributed by atoms with Crippen molar-refractivity contribution in [3.05, 3.63) is 0 Å². The van der Waals surface area contributed by atoms with Crippen LogP contribution in [0.3, 0.4) is 0 Å². The maximum absolute atomic E-state index is 12.8. The third kappa shape index (κ3) is 45.3. The largest absolute Gasteiger partial charge is 0.397 e. The van der Waals surface area contributed by atoms with Gasteiger partial charge in [0.1, 0.15) is 0 Å². The summed E-state index contributed by atoms with van der Waals surface area (Å²) in [5.41, 5.74) is 0.0476. The predicted octanol–water partition coefficient (Wildman–Crippen LogP) is 19.1. The molecule has 0 amide bonds. The number of hydrogen-bond acceptors (Lipinski definition) is 5. The third-order valence-corrected chi connectivity index (χ3v) is 16.8. The summed E-state index contributed by atoms with van der Waals surface area (Å²) in [6.45, 7) is 10.9. The van der Waals surface area contributed by atoms with Crippen molar-refractivity contribution in [1.29, 1.82) is 0 Å². The molecule has 0 aliphatic rings. The van der Waals surface area contributed by atoms with Crippen molar-refractivity contribution in [2.45, 2.75) is 328 Å². The summed E-state index contributed by atoms with van der Waals surface area (Å²) in [7, 11) is 0.361. The molecule has 0 spiro atoms. The molecule has 0 aliphatic carbocycles. The second kappa shape index (κ2) is 52.1.